The summed E-state index contributed by atoms with van der Waals surface area (Å²) in [5.74, 6) is 1.52. The summed E-state index contributed by atoms with van der Waals surface area (Å²) in [7, 11) is 0. The highest BCUT2D eigenvalue weighted by Gasteiger charge is 2.07. The van der Waals surface area contributed by atoms with E-state index in [1.807, 2.05) is 18.2 Å². The zero-order chi connectivity index (χ0) is 18.2. The van der Waals surface area contributed by atoms with Crippen molar-refractivity contribution in [3.63, 3.8) is 0 Å². The van der Waals surface area contributed by atoms with Gasteiger partial charge in [-0.2, -0.15) is 0 Å². The lowest BCUT2D eigenvalue weighted by Crippen LogP contribution is -2.04. The Hall–Kier alpha value is -1.38. The maximum Gasteiger partial charge on any atom is 0.146 e. The molecule has 1 aromatic carbocycles. The Bertz CT molecular complexity index is 398. The van der Waals surface area contributed by atoms with Crippen molar-refractivity contribution in [1.29, 1.82) is 0 Å². The number of unbranched alkanes of at least 4 members (excludes halogenated alkanes) is 10. The molecular weight excluding hydrogens is 310 g/mol. The molecule has 0 unspecified atom stereocenters. The number of rotatable bonds is 16. The fraction of sp³-hybridized carbons (Fsp3) is 0.727. The topological polar surface area (TPSA) is 44.5 Å². The molecule has 0 aliphatic rings. The highest BCUT2D eigenvalue weighted by Crippen LogP contribution is 2.31. The molecule has 25 heavy (non-hydrogen) atoms. The average Bonchev–Trinajstić information content (AvgIpc) is 2.62. The third-order valence-electron chi connectivity index (χ3n) is 4.54. The van der Waals surface area contributed by atoms with E-state index < -0.39 is 0 Å². The van der Waals surface area contributed by atoms with Crippen molar-refractivity contribution in [3.8, 4) is 11.5 Å². The van der Waals surface area contributed by atoms with Crippen molar-refractivity contribution < 1.29 is 9.47 Å². The van der Waals surface area contributed by atoms with E-state index in [2.05, 4.69) is 13.8 Å². The molecule has 0 fully saturated rings. The number of nitrogens with two attached hydrogens (primary N) is 1. The van der Waals surface area contributed by atoms with Gasteiger partial charge < -0.3 is 15.2 Å². The fourth-order valence-corrected chi connectivity index (χ4v) is 2.90. The quantitative estimate of drug-likeness (QED) is 0.265. The summed E-state index contributed by atoms with van der Waals surface area (Å²) in [6, 6.07) is 5.83. The smallest absolute Gasteiger partial charge is 0.146 e. The molecule has 0 saturated heterocycles. The summed E-state index contributed by atoms with van der Waals surface area (Å²) in [6.07, 6.45) is 15.2. The van der Waals surface area contributed by atoms with Crippen LogP contribution in [-0.2, 0) is 0 Å². The molecule has 0 aromatic heterocycles. The molecule has 0 atom stereocenters. The van der Waals surface area contributed by atoms with Crippen LogP contribution in [0.1, 0.15) is 90.9 Å². The fourth-order valence-electron chi connectivity index (χ4n) is 2.90. The van der Waals surface area contributed by atoms with Crippen molar-refractivity contribution >= 4 is 5.69 Å². The monoisotopic (exact) mass is 349 g/mol. The Morgan fingerprint density at radius 3 is 1.48 bits per heavy atom. The van der Waals surface area contributed by atoms with E-state index in [1.54, 1.807) is 0 Å². The van der Waals surface area contributed by atoms with Gasteiger partial charge in [0.2, 0.25) is 0 Å². The van der Waals surface area contributed by atoms with Gasteiger partial charge in [0.15, 0.2) is 0 Å². The number of ether oxygens (including phenoxy) is 2. The minimum atomic E-state index is 0.638. The van der Waals surface area contributed by atoms with Crippen LogP contribution in [0.3, 0.4) is 0 Å². The number of hydrogen-bond acceptors (Lipinski definition) is 3. The molecule has 0 aliphatic carbocycles. The first kappa shape index (κ1) is 21.7. The molecule has 3 heteroatoms. The van der Waals surface area contributed by atoms with Crippen molar-refractivity contribution in [2.24, 2.45) is 0 Å². The van der Waals surface area contributed by atoms with E-state index >= 15 is 0 Å². The van der Waals surface area contributed by atoms with Crippen molar-refractivity contribution in [1.82, 2.24) is 0 Å². The van der Waals surface area contributed by atoms with Gasteiger partial charge in [-0.15, -0.1) is 0 Å². The Morgan fingerprint density at radius 2 is 1.04 bits per heavy atom. The summed E-state index contributed by atoms with van der Waals surface area (Å²) in [6.45, 7) is 5.95. The predicted octanol–water partition coefficient (Wildman–Crippen LogP) is 6.75. The van der Waals surface area contributed by atoms with Crippen LogP contribution in [0.4, 0.5) is 5.69 Å². The molecule has 0 saturated carbocycles. The second-order valence-corrected chi connectivity index (χ2v) is 6.90. The van der Waals surface area contributed by atoms with E-state index in [-0.39, 0.29) is 0 Å². The lowest BCUT2D eigenvalue weighted by atomic mass is 10.1. The van der Waals surface area contributed by atoms with Crippen molar-refractivity contribution in [2.75, 3.05) is 18.9 Å². The molecule has 0 heterocycles. The number of para-hydroxylation sites is 1. The maximum atomic E-state index is 6.19. The molecule has 2 N–H and O–H groups in total. The SMILES string of the molecule is CCCCCCCCOc1cccc(OCCCCCCCC)c1N. The van der Waals surface area contributed by atoms with Gasteiger partial charge in [-0.25, -0.2) is 0 Å². The normalized spacial score (nSPS) is 10.8. The van der Waals surface area contributed by atoms with Crippen molar-refractivity contribution in [3.05, 3.63) is 18.2 Å². The zero-order valence-electron chi connectivity index (χ0n) is 16.5. The number of hydrogen-bond donors (Lipinski definition) is 1. The molecule has 0 spiro atoms. The van der Waals surface area contributed by atoms with Crippen molar-refractivity contribution in [2.45, 2.75) is 90.9 Å². The predicted molar refractivity (Wildman–Crippen MR) is 109 cm³/mol. The van der Waals surface area contributed by atoms with Crippen LogP contribution >= 0.6 is 0 Å². The summed E-state index contributed by atoms with van der Waals surface area (Å²) >= 11 is 0. The lowest BCUT2D eigenvalue weighted by Gasteiger charge is -2.13. The number of benzene rings is 1. The third kappa shape index (κ3) is 10.3. The van der Waals surface area contributed by atoms with E-state index in [0.717, 1.165) is 37.6 Å². The van der Waals surface area contributed by atoms with E-state index in [9.17, 15) is 0 Å². The van der Waals surface area contributed by atoms with Gasteiger partial charge in [-0.05, 0) is 25.0 Å². The molecule has 0 bridgehead atoms. The summed E-state index contributed by atoms with van der Waals surface area (Å²) in [5, 5.41) is 0. The largest absolute Gasteiger partial charge is 0.491 e. The van der Waals surface area contributed by atoms with Gasteiger partial charge in [0.1, 0.15) is 17.2 Å². The van der Waals surface area contributed by atoms with Crippen LogP contribution in [0.15, 0.2) is 18.2 Å². The zero-order valence-corrected chi connectivity index (χ0v) is 16.5. The first-order chi connectivity index (χ1) is 12.3. The highest BCUT2D eigenvalue weighted by atomic mass is 16.5. The Labute approximate surface area is 155 Å². The second-order valence-electron chi connectivity index (χ2n) is 6.90. The molecule has 0 radical (unpaired) electrons. The minimum Gasteiger partial charge on any atom is -0.491 e. The van der Waals surface area contributed by atoms with Crippen LogP contribution in [0.25, 0.3) is 0 Å². The maximum absolute atomic E-state index is 6.19. The number of nitrogen functional groups attached to an aromatic ring is 1. The molecule has 1 rings (SSSR count). The van der Waals surface area contributed by atoms with Gasteiger partial charge in [0, 0.05) is 0 Å². The third-order valence-corrected chi connectivity index (χ3v) is 4.54. The van der Waals surface area contributed by atoms with Gasteiger partial charge in [0.05, 0.1) is 13.2 Å². The molecule has 3 nitrogen and oxygen atoms in total. The average molecular weight is 350 g/mol. The van der Waals surface area contributed by atoms with Gasteiger partial charge in [-0.1, -0.05) is 84.1 Å². The highest BCUT2D eigenvalue weighted by molar-refractivity contribution is 5.62. The van der Waals surface area contributed by atoms with Gasteiger partial charge in [0.25, 0.3) is 0 Å². The number of anilines is 1. The molecule has 0 aliphatic heterocycles. The second kappa shape index (κ2) is 14.9. The Morgan fingerprint density at radius 1 is 0.640 bits per heavy atom. The van der Waals surface area contributed by atoms with Crippen LogP contribution < -0.4 is 15.2 Å². The Kier molecular flexibility index (Phi) is 12.9. The molecule has 1 aromatic rings. The van der Waals surface area contributed by atoms with Crippen LogP contribution in [0.5, 0.6) is 11.5 Å². The summed E-state index contributed by atoms with van der Waals surface area (Å²) in [4.78, 5) is 0. The molecule has 144 valence electrons. The van der Waals surface area contributed by atoms with E-state index in [0.29, 0.717) is 5.69 Å². The van der Waals surface area contributed by atoms with E-state index in [1.165, 1.54) is 64.2 Å². The Balaban J connectivity index is 2.21. The molecule has 0 amide bonds. The lowest BCUT2D eigenvalue weighted by molar-refractivity contribution is 0.292. The van der Waals surface area contributed by atoms with Crippen LogP contribution in [0.2, 0.25) is 0 Å². The first-order valence-corrected chi connectivity index (χ1v) is 10.4. The van der Waals surface area contributed by atoms with E-state index in [4.69, 9.17) is 15.2 Å². The summed E-state index contributed by atoms with van der Waals surface area (Å²) < 4.78 is 11.7. The minimum absolute atomic E-state index is 0.638. The standard InChI is InChI=1S/C22H39NO2/c1-3-5-7-9-11-13-18-24-20-16-15-17-21(22(20)23)25-19-14-12-10-8-6-4-2/h15-17H,3-14,18-19,23H2,1-2H3. The molecular formula is C22H39NO2. The first-order valence-electron chi connectivity index (χ1n) is 10.4. The van der Waals surface area contributed by atoms with Crippen LogP contribution in [0, 0.1) is 0 Å². The summed E-state index contributed by atoms with van der Waals surface area (Å²) in [5.41, 5.74) is 6.83. The van der Waals surface area contributed by atoms with Gasteiger partial charge >= 0.3 is 0 Å². The van der Waals surface area contributed by atoms with Crippen LogP contribution in [-0.4, -0.2) is 13.2 Å². The van der Waals surface area contributed by atoms with Gasteiger partial charge in [-0.3, -0.25) is 0 Å².